The maximum atomic E-state index is 6.32. The fourth-order valence-corrected chi connectivity index (χ4v) is 8.00. The number of furan rings is 2. The first-order valence-corrected chi connectivity index (χ1v) is 17.6. The number of benzene rings is 6. The molecule has 5 heteroatoms. The number of hydrogen-bond acceptors (Lipinski definition) is 5. The second-order valence-electron chi connectivity index (χ2n) is 13.5. The zero-order valence-electron chi connectivity index (χ0n) is 27.9. The molecule has 9 aromatic rings. The van der Waals surface area contributed by atoms with Crippen LogP contribution in [0.1, 0.15) is 5.82 Å². The van der Waals surface area contributed by atoms with E-state index < -0.39 is 0 Å². The molecule has 3 heterocycles. The molecule has 0 spiro atoms. The Morgan fingerprint density at radius 1 is 0.442 bits per heavy atom. The van der Waals surface area contributed by atoms with Crippen molar-refractivity contribution in [3.05, 3.63) is 170 Å². The second kappa shape index (κ2) is 11.3. The molecule has 5 nitrogen and oxygen atoms in total. The Labute approximate surface area is 298 Å². The first-order chi connectivity index (χ1) is 25.7. The number of nitrogens with zero attached hydrogens (tertiary/aromatic N) is 3. The van der Waals surface area contributed by atoms with Gasteiger partial charge in [0, 0.05) is 50.1 Å². The minimum atomic E-state index is 0.243. The van der Waals surface area contributed by atoms with Gasteiger partial charge in [-0.15, -0.1) is 0 Å². The third-order valence-corrected chi connectivity index (χ3v) is 10.4. The lowest BCUT2D eigenvalue weighted by atomic mass is 9.83. The molecular formula is C47H29N3O2. The number of rotatable bonds is 4. The molecule has 2 unspecified atom stereocenters. The zero-order chi connectivity index (χ0) is 34.2. The highest BCUT2D eigenvalue weighted by atomic mass is 16.3. The Bertz CT molecular complexity index is 3050. The van der Waals surface area contributed by atoms with Crippen molar-refractivity contribution in [3.8, 4) is 33.9 Å². The van der Waals surface area contributed by atoms with Gasteiger partial charge in [0.15, 0.2) is 17.5 Å². The largest absolute Gasteiger partial charge is 0.456 e. The minimum Gasteiger partial charge on any atom is -0.456 e. The summed E-state index contributed by atoms with van der Waals surface area (Å²) in [6.07, 6.45) is 15.4. The average Bonchev–Trinajstić information content (AvgIpc) is 3.79. The van der Waals surface area contributed by atoms with Crippen LogP contribution in [0.15, 0.2) is 173 Å². The molecule has 0 saturated carbocycles. The highest BCUT2D eigenvalue weighted by Gasteiger charge is 2.23. The van der Waals surface area contributed by atoms with Crippen LogP contribution >= 0.6 is 0 Å². The van der Waals surface area contributed by atoms with Crippen molar-refractivity contribution < 1.29 is 8.83 Å². The quantitative estimate of drug-likeness (QED) is 0.187. The van der Waals surface area contributed by atoms with Crippen molar-refractivity contribution in [3.63, 3.8) is 0 Å². The summed E-state index contributed by atoms with van der Waals surface area (Å²) >= 11 is 0. The average molecular weight is 668 g/mol. The second-order valence-corrected chi connectivity index (χ2v) is 13.5. The lowest BCUT2D eigenvalue weighted by Gasteiger charge is -2.23. The van der Waals surface area contributed by atoms with Crippen molar-refractivity contribution in [2.24, 2.45) is 11.8 Å². The number of fused-ring (bicyclic) bond motifs is 8. The van der Waals surface area contributed by atoms with Crippen molar-refractivity contribution in [1.82, 2.24) is 15.0 Å². The topological polar surface area (TPSA) is 65.0 Å². The summed E-state index contributed by atoms with van der Waals surface area (Å²) in [5.41, 5.74) is 8.35. The Kier molecular flexibility index (Phi) is 6.31. The molecular weight excluding hydrogens is 639 g/mol. The third-order valence-electron chi connectivity index (χ3n) is 10.4. The molecule has 0 radical (unpaired) electrons. The van der Waals surface area contributed by atoms with Crippen LogP contribution < -0.4 is 0 Å². The molecule has 0 aliphatic heterocycles. The maximum Gasteiger partial charge on any atom is 0.164 e. The van der Waals surface area contributed by atoms with Crippen LogP contribution in [0.4, 0.5) is 0 Å². The Morgan fingerprint density at radius 2 is 1.04 bits per heavy atom. The lowest BCUT2D eigenvalue weighted by molar-refractivity contribution is 0.662. The van der Waals surface area contributed by atoms with Crippen LogP contribution in [0.5, 0.6) is 0 Å². The predicted molar refractivity (Wildman–Crippen MR) is 211 cm³/mol. The number of hydrogen-bond donors (Lipinski definition) is 0. The van der Waals surface area contributed by atoms with E-state index in [2.05, 4.69) is 115 Å². The van der Waals surface area contributed by atoms with Gasteiger partial charge in [0.1, 0.15) is 22.3 Å². The Hall–Kier alpha value is -6.85. The van der Waals surface area contributed by atoms with E-state index in [1.807, 2.05) is 48.5 Å². The molecule has 0 bridgehead atoms. The Morgan fingerprint density at radius 3 is 1.81 bits per heavy atom. The first kappa shape index (κ1) is 28.9. The van der Waals surface area contributed by atoms with Crippen LogP contribution in [-0.2, 0) is 0 Å². The highest BCUT2D eigenvalue weighted by molar-refractivity contribution is 6.16. The summed E-state index contributed by atoms with van der Waals surface area (Å²) in [6, 6.07) is 41.7. The molecule has 2 atom stereocenters. The SMILES string of the molecule is C1=CC2C=CC(c3nc(-c4cc(-c5cccc6oc7ccccc7c56)c5ccccc5c4)nc(-c4cccc5oc6ccccc6c45)n3)=CC2C=C1. The van der Waals surface area contributed by atoms with E-state index in [4.69, 9.17) is 23.8 Å². The predicted octanol–water partition coefficient (Wildman–Crippen LogP) is 12.1. The van der Waals surface area contributed by atoms with E-state index in [9.17, 15) is 0 Å². The van der Waals surface area contributed by atoms with Gasteiger partial charge < -0.3 is 8.83 Å². The first-order valence-electron chi connectivity index (χ1n) is 17.6. The van der Waals surface area contributed by atoms with Crippen molar-refractivity contribution in [2.75, 3.05) is 0 Å². The molecule has 0 N–H and O–H groups in total. The summed E-state index contributed by atoms with van der Waals surface area (Å²) < 4.78 is 12.6. The smallest absolute Gasteiger partial charge is 0.164 e. The highest BCUT2D eigenvalue weighted by Crippen LogP contribution is 2.42. The molecule has 52 heavy (non-hydrogen) atoms. The van der Waals surface area contributed by atoms with Gasteiger partial charge >= 0.3 is 0 Å². The standard InChI is InChI=1S/C47H29N3O2/c1-2-12-29-25-31(24-23-28(29)11-1)45-48-46(50-47(49-45)37-18-10-22-42-44(37)36-16-6-8-20-40(36)52-42)32-26-30-13-3-4-14-33(30)38(27-32)34-17-9-21-41-43(34)35-15-5-7-19-39(35)51-41/h1-29H. The summed E-state index contributed by atoms with van der Waals surface area (Å²) in [7, 11) is 0. The van der Waals surface area contributed by atoms with Crippen molar-refractivity contribution in [2.45, 2.75) is 0 Å². The van der Waals surface area contributed by atoms with Crippen molar-refractivity contribution in [1.29, 1.82) is 0 Å². The molecule has 0 fully saturated rings. The van der Waals surface area contributed by atoms with Crippen LogP contribution in [0.3, 0.4) is 0 Å². The van der Waals surface area contributed by atoms with Crippen LogP contribution in [0.25, 0.3) is 94.1 Å². The summed E-state index contributed by atoms with van der Waals surface area (Å²) in [4.78, 5) is 15.7. The van der Waals surface area contributed by atoms with Gasteiger partial charge in [-0.25, -0.2) is 15.0 Å². The molecule has 244 valence electrons. The number of allylic oxidation sites excluding steroid dienone is 8. The molecule has 6 aromatic carbocycles. The van der Waals surface area contributed by atoms with Gasteiger partial charge in [0.25, 0.3) is 0 Å². The van der Waals surface area contributed by atoms with E-state index in [1.54, 1.807) is 0 Å². The van der Waals surface area contributed by atoms with Gasteiger partial charge in [-0.05, 0) is 58.3 Å². The molecule has 2 aliphatic rings. The minimum absolute atomic E-state index is 0.243. The van der Waals surface area contributed by atoms with Crippen LogP contribution in [0, 0.1) is 11.8 Å². The maximum absolute atomic E-state index is 6.32. The van der Waals surface area contributed by atoms with E-state index in [0.29, 0.717) is 23.4 Å². The number of para-hydroxylation sites is 2. The zero-order valence-corrected chi connectivity index (χ0v) is 27.9. The van der Waals surface area contributed by atoms with E-state index >= 15 is 0 Å². The molecule has 11 rings (SSSR count). The fourth-order valence-electron chi connectivity index (χ4n) is 8.00. The van der Waals surface area contributed by atoms with E-state index in [-0.39, 0.29) is 5.92 Å². The summed E-state index contributed by atoms with van der Waals surface area (Å²) in [5, 5.41) is 6.46. The van der Waals surface area contributed by atoms with Crippen LogP contribution in [-0.4, -0.2) is 15.0 Å². The monoisotopic (exact) mass is 667 g/mol. The fraction of sp³-hybridized carbons (Fsp3) is 0.0426. The van der Waals surface area contributed by atoms with E-state index in [0.717, 1.165) is 82.5 Å². The van der Waals surface area contributed by atoms with Crippen molar-refractivity contribution >= 4 is 60.2 Å². The van der Waals surface area contributed by atoms with Gasteiger partial charge in [-0.1, -0.05) is 127 Å². The summed E-state index contributed by atoms with van der Waals surface area (Å²) in [5.74, 6) is 2.42. The molecule has 2 aliphatic carbocycles. The molecule has 3 aromatic heterocycles. The van der Waals surface area contributed by atoms with Gasteiger partial charge in [0.05, 0.1) is 0 Å². The van der Waals surface area contributed by atoms with E-state index in [1.165, 1.54) is 0 Å². The third kappa shape index (κ3) is 4.53. The Balaban J connectivity index is 1.18. The van der Waals surface area contributed by atoms with Crippen LogP contribution in [0.2, 0.25) is 0 Å². The normalized spacial score (nSPS) is 16.7. The molecule has 0 saturated heterocycles. The van der Waals surface area contributed by atoms with Gasteiger partial charge in [-0.2, -0.15) is 0 Å². The number of aromatic nitrogens is 3. The summed E-state index contributed by atoms with van der Waals surface area (Å²) in [6.45, 7) is 0. The lowest BCUT2D eigenvalue weighted by Crippen LogP contribution is -2.12. The van der Waals surface area contributed by atoms with Gasteiger partial charge in [-0.3, -0.25) is 0 Å². The van der Waals surface area contributed by atoms with Gasteiger partial charge in [0.2, 0.25) is 0 Å². The molecule has 0 amide bonds.